The second-order valence-electron chi connectivity index (χ2n) is 14.9. The van der Waals surface area contributed by atoms with Gasteiger partial charge in [0.1, 0.15) is 23.7 Å². The smallest absolute Gasteiger partial charge is 0.313 e. The summed E-state index contributed by atoms with van der Waals surface area (Å²) in [5, 5.41) is 12.8. The number of rotatable bonds is 6. The number of benzene rings is 3. The number of hydrogen-bond acceptors (Lipinski definition) is 7. The van der Waals surface area contributed by atoms with Gasteiger partial charge in [0.05, 0.1) is 30.7 Å². The lowest BCUT2D eigenvalue weighted by molar-refractivity contribution is -0.164. The molecule has 0 aromatic heterocycles. The number of cyclic esters (lactones) is 1. The Morgan fingerprint density at radius 2 is 1.65 bits per heavy atom. The maximum atomic E-state index is 15.1. The predicted octanol–water partition coefficient (Wildman–Crippen LogP) is 5.21. The Morgan fingerprint density at radius 1 is 0.923 bits per heavy atom. The molecule has 52 heavy (non-hydrogen) atoms. The van der Waals surface area contributed by atoms with E-state index in [4.69, 9.17) is 9.47 Å². The van der Waals surface area contributed by atoms with E-state index in [0.717, 1.165) is 10.8 Å². The highest BCUT2D eigenvalue weighted by atomic mass is 16.6. The van der Waals surface area contributed by atoms with Crippen LogP contribution in [-0.4, -0.2) is 88.6 Å². The monoisotopic (exact) mass is 705 g/mol. The van der Waals surface area contributed by atoms with Crippen molar-refractivity contribution in [1.82, 2.24) is 9.80 Å². The fourth-order valence-electron chi connectivity index (χ4n) is 8.62. The van der Waals surface area contributed by atoms with Gasteiger partial charge in [-0.2, -0.15) is 0 Å². The molecular weight excluding hydrogens is 658 g/mol. The van der Waals surface area contributed by atoms with E-state index in [1.54, 1.807) is 29.0 Å². The van der Waals surface area contributed by atoms with Crippen LogP contribution in [0.15, 0.2) is 97.1 Å². The van der Waals surface area contributed by atoms with Gasteiger partial charge >= 0.3 is 5.97 Å². The highest BCUT2D eigenvalue weighted by Gasteiger charge is 2.72. The number of fused-ring (bicyclic) bond motifs is 3. The van der Waals surface area contributed by atoms with Gasteiger partial charge in [-0.3, -0.25) is 19.2 Å². The summed E-state index contributed by atoms with van der Waals surface area (Å²) < 4.78 is 13.3. The minimum Gasteiger partial charge on any atom is -0.455 e. The molecule has 1 N–H and O–H groups in total. The van der Waals surface area contributed by atoms with Gasteiger partial charge in [-0.15, -0.1) is 0 Å². The van der Waals surface area contributed by atoms with E-state index in [0.29, 0.717) is 24.1 Å². The Bertz CT molecular complexity index is 1910. The number of likely N-dealkylation sites (tertiary alicyclic amines) is 1. The molecule has 4 heterocycles. The minimum atomic E-state index is -1.52. The van der Waals surface area contributed by atoms with Crippen molar-refractivity contribution in [2.24, 2.45) is 17.8 Å². The number of nitrogens with zero attached hydrogens (tertiary/aromatic N) is 3. The third kappa shape index (κ3) is 6.11. The Morgan fingerprint density at radius 3 is 2.38 bits per heavy atom. The lowest BCUT2D eigenvalue weighted by atomic mass is 9.77. The first-order valence-corrected chi connectivity index (χ1v) is 18.3. The normalized spacial score (nSPS) is 30.7. The molecule has 0 aliphatic carbocycles. The third-order valence-corrected chi connectivity index (χ3v) is 11.3. The molecule has 8 atom stereocenters. The summed E-state index contributed by atoms with van der Waals surface area (Å²) >= 11 is 0. The number of esters is 1. The first-order valence-electron chi connectivity index (χ1n) is 18.3. The number of allylic oxidation sites excluding steroid dienone is 1. The van der Waals surface area contributed by atoms with Gasteiger partial charge in [0.25, 0.3) is 5.91 Å². The summed E-state index contributed by atoms with van der Waals surface area (Å²) in [6.07, 6.45) is 6.54. The fourth-order valence-corrected chi connectivity index (χ4v) is 8.62. The van der Waals surface area contributed by atoms with Crippen LogP contribution >= 0.6 is 0 Å². The van der Waals surface area contributed by atoms with Gasteiger partial charge in [-0.05, 0) is 54.2 Å². The van der Waals surface area contributed by atoms with Crippen molar-refractivity contribution < 1.29 is 33.8 Å². The zero-order valence-corrected chi connectivity index (χ0v) is 30.1. The topological polar surface area (TPSA) is 117 Å². The van der Waals surface area contributed by atoms with Gasteiger partial charge in [-0.1, -0.05) is 98.8 Å². The molecule has 0 saturated carbocycles. The van der Waals surface area contributed by atoms with Gasteiger partial charge < -0.3 is 29.3 Å². The maximum Gasteiger partial charge on any atom is 0.313 e. The van der Waals surface area contributed by atoms with Crippen molar-refractivity contribution in [2.45, 2.75) is 76.0 Å². The van der Waals surface area contributed by atoms with Crippen molar-refractivity contribution in [3.8, 4) is 0 Å². The van der Waals surface area contributed by atoms with E-state index in [9.17, 15) is 14.7 Å². The summed E-state index contributed by atoms with van der Waals surface area (Å²) in [5.74, 6) is -3.62. The first-order chi connectivity index (χ1) is 25.1. The minimum absolute atomic E-state index is 0.0915. The highest BCUT2D eigenvalue weighted by Crippen LogP contribution is 2.54. The fraction of sp³-hybridized carbons (Fsp3) is 0.429. The number of carbonyl (C=O) groups is 4. The summed E-state index contributed by atoms with van der Waals surface area (Å²) in [6.45, 7) is 5.72. The number of anilines is 1. The summed E-state index contributed by atoms with van der Waals surface area (Å²) in [4.78, 5) is 62.8. The van der Waals surface area contributed by atoms with Crippen LogP contribution in [-0.2, 0) is 28.7 Å². The van der Waals surface area contributed by atoms with Crippen LogP contribution in [0.3, 0.4) is 0 Å². The average molecular weight is 706 g/mol. The van der Waals surface area contributed by atoms with E-state index in [2.05, 4.69) is 0 Å². The van der Waals surface area contributed by atoms with Gasteiger partial charge in [0.15, 0.2) is 0 Å². The predicted molar refractivity (Wildman–Crippen MR) is 197 cm³/mol. The number of amides is 3. The van der Waals surface area contributed by atoms with Gasteiger partial charge in [0.2, 0.25) is 11.8 Å². The molecule has 0 radical (unpaired) electrons. The van der Waals surface area contributed by atoms with Crippen LogP contribution in [0.1, 0.15) is 51.7 Å². The second-order valence-corrected chi connectivity index (χ2v) is 14.9. The van der Waals surface area contributed by atoms with E-state index < -0.39 is 59.6 Å². The molecule has 4 aliphatic heterocycles. The lowest BCUT2D eigenvalue weighted by Crippen LogP contribution is -2.58. The molecule has 2 fully saturated rings. The van der Waals surface area contributed by atoms with E-state index in [-0.39, 0.29) is 37.3 Å². The van der Waals surface area contributed by atoms with Crippen LogP contribution in [0.4, 0.5) is 5.69 Å². The van der Waals surface area contributed by atoms with Crippen molar-refractivity contribution in [3.63, 3.8) is 0 Å². The van der Waals surface area contributed by atoms with Gasteiger partial charge in [0, 0.05) is 25.7 Å². The highest BCUT2D eigenvalue weighted by molar-refractivity contribution is 6.06. The summed E-state index contributed by atoms with van der Waals surface area (Å²) in [7, 11) is 1.71. The first kappa shape index (κ1) is 35.6. The second kappa shape index (κ2) is 14.3. The van der Waals surface area contributed by atoms with E-state index in [1.165, 1.54) is 4.90 Å². The molecule has 1 spiro atoms. The number of ether oxygens (including phenoxy) is 2. The van der Waals surface area contributed by atoms with Gasteiger partial charge in [-0.25, -0.2) is 0 Å². The largest absolute Gasteiger partial charge is 0.455 e. The standard InChI is InChI=1S/C42H47N3O7/c1-26(2)23-32(25-46)45-38-40(49)44(31-20-19-28-13-8-9-16-30(28)24-31)22-12-21-42(38)36(39(45)48)35-33(52-42)17-10-11-18-34(47)43(4)27(3)37(51-41(35)50)29-14-6-5-7-15-29/h5-10,12-17,19-21,24,26-27,32-33,35-38,46H,11,18,22-23,25H2,1-4H3/b17-10-/t27-,32+,33-,35+,36+,37+,38-,42+/m0/s1. The third-order valence-electron chi connectivity index (χ3n) is 11.3. The Hall–Kier alpha value is -4.80. The number of hydrogen-bond donors (Lipinski definition) is 1. The number of aliphatic hydroxyl groups excluding tert-OH is 1. The van der Waals surface area contributed by atoms with Crippen LogP contribution in [0, 0.1) is 17.8 Å². The molecule has 0 unspecified atom stereocenters. The quantitative estimate of drug-likeness (QED) is 0.277. The van der Waals surface area contributed by atoms with Crippen LogP contribution < -0.4 is 4.90 Å². The Labute approximate surface area is 304 Å². The maximum absolute atomic E-state index is 15.1. The zero-order chi connectivity index (χ0) is 36.7. The van der Waals surface area contributed by atoms with Crippen molar-refractivity contribution in [1.29, 1.82) is 0 Å². The number of aliphatic hydroxyl groups is 1. The van der Waals surface area contributed by atoms with E-state index in [1.807, 2.05) is 106 Å². The number of carbonyl (C=O) groups excluding carboxylic acids is 4. The lowest BCUT2D eigenvalue weighted by Gasteiger charge is -2.39. The molecule has 7 rings (SSSR count). The molecule has 0 bridgehead atoms. The SMILES string of the molecule is CC(C)C[C@H](CO)N1C(=O)[C@H]2[C@@H]3C(=O)O[C@@H](c4ccccc4)[C@H](C)N(C)C(=O)CC/C=C\[C@@H]3O[C@]23C=CCN(c2ccc4ccccc4c2)C(=O)[C@H]13. The number of likely N-dealkylation sites (N-methyl/N-ethyl adjacent to an activating group) is 1. The molecule has 4 aliphatic rings. The molecule has 2 saturated heterocycles. The summed E-state index contributed by atoms with van der Waals surface area (Å²) in [6, 6.07) is 20.6. The average Bonchev–Trinajstić information content (AvgIpc) is 3.54. The van der Waals surface area contributed by atoms with E-state index >= 15 is 9.59 Å². The molecule has 10 heteroatoms. The molecule has 3 aromatic rings. The molecule has 272 valence electrons. The van der Waals surface area contributed by atoms with Crippen LogP contribution in [0.5, 0.6) is 0 Å². The molecule has 3 amide bonds. The van der Waals surface area contributed by atoms with Crippen LogP contribution in [0.2, 0.25) is 0 Å². The molecule has 3 aromatic carbocycles. The van der Waals surface area contributed by atoms with Crippen LogP contribution in [0.25, 0.3) is 10.8 Å². The molecule has 10 nitrogen and oxygen atoms in total. The molecular formula is C42H47N3O7. The van der Waals surface area contributed by atoms with Crippen molar-refractivity contribution in [2.75, 3.05) is 25.1 Å². The zero-order valence-electron chi connectivity index (χ0n) is 30.1. The van der Waals surface area contributed by atoms with Crippen molar-refractivity contribution >= 4 is 40.2 Å². The van der Waals surface area contributed by atoms with Crippen molar-refractivity contribution in [3.05, 3.63) is 103 Å². The Kier molecular flexibility index (Phi) is 9.80. The summed E-state index contributed by atoms with van der Waals surface area (Å²) in [5.41, 5.74) is -0.141. The Balaban J connectivity index is 1.34.